The zero-order valence-corrected chi connectivity index (χ0v) is 15.8. The summed E-state index contributed by atoms with van der Waals surface area (Å²) in [4.78, 5) is 28.6. The molecule has 6 nitrogen and oxygen atoms in total. The molecule has 3 rings (SSSR count). The second-order valence-electron chi connectivity index (χ2n) is 6.35. The SMILES string of the molecule is CNC(=O)c1cccnc1NCc1cccc(NC(=O)c2ccc(C)cc2)c1. The van der Waals surface area contributed by atoms with Crippen molar-refractivity contribution in [1.82, 2.24) is 10.3 Å². The highest BCUT2D eigenvalue weighted by atomic mass is 16.2. The van der Waals surface area contributed by atoms with Gasteiger partial charge in [0, 0.05) is 31.0 Å². The van der Waals surface area contributed by atoms with Crippen LogP contribution in [-0.2, 0) is 6.54 Å². The standard InChI is InChI=1S/C22H22N4O2/c1-15-8-10-17(11-9-15)21(27)26-18-6-3-5-16(13-18)14-25-20-19(22(28)23-2)7-4-12-24-20/h3-13H,14H2,1-2H3,(H,23,28)(H,24,25)(H,26,27). The first-order valence-electron chi connectivity index (χ1n) is 8.95. The van der Waals surface area contributed by atoms with Gasteiger partial charge in [-0.2, -0.15) is 0 Å². The second-order valence-corrected chi connectivity index (χ2v) is 6.35. The Hall–Kier alpha value is -3.67. The lowest BCUT2D eigenvalue weighted by Crippen LogP contribution is -2.20. The van der Waals surface area contributed by atoms with E-state index in [-0.39, 0.29) is 11.8 Å². The maximum Gasteiger partial charge on any atom is 0.255 e. The molecule has 3 aromatic rings. The van der Waals surface area contributed by atoms with E-state index >= 15 is 0 Å². The molecule has 0 aliphatic rings. The predicted molar refractivity (Wildman–Crippen MR) is 111 cm³/mol. The Bertz CT molecular complexity index is 984. The molecule has 3 N–H and O–H groups in total. The molecule has 0 radical (unpaired) electrons. The molecule has 2 aromatic carbocycles. The maximum absolute atomic E-state index is 12.4. The Morgan fingerprint density at radius 1 is 0.964 bits per heavy atom. The fraction of sp³-hybridized carbons (Fsp3) is 0.136. The largest absolute Gasteiger partial charge is 0.365 e. The van der Waals surface area contributed by atoms with E-state index in [1.165, 1.54) is 0 Å². The van der Waals surface area contributed by atoms with Crippen LogP contribution in [0.25, 0.3) is 0 Å². The summed E-state index contributed by atoms with van der Waals surface area (Å²) < 4.78 is 0. The highest BCUT2D eigenvalue weighted by Crippen LogP contribution is 2.16. The van der Waals surface area contributed by atoms with E-state index in [9.17, 15) is 9.59 Å². The summed E-state index contributed by atoms with van der Waals surface area (Å²) in [5.74, 6) is 0.155. The first-order valence-corrected chi connectivity index (χ1v) is 8.95. The van der Waals surface area contributed by atoms with Crippen molar-refractivity contribution in [3.05, 3.63) is 89.1 Å². The van der Waals surface area contributed by atoms with Crippen molar-refractivity contribution in [2.75, 3.05) is 17.7 Å². The Balaban J connectivity index is 1.68. The number of aromatic nitrogens is 1. The number of benzene rings is 2. The van der Waals surface area contributed by atoms with Crippen molar-refractivity contribution in [2.45, 2.75) is 13.5 Å². The molecule has 1 heterocycles. The molecule has 142 valence electrons. The number of nitrogens with one attached hydrogen (secondary N) is 3. The number of amides is 2. The monoisotopic (exact) mass is 374 g/mol. The molecular formula is C22H22N4O2. The van der Waals surface area contributed by atoms with Crippen LogP contribution in [0, 0.1) is 6.92 Å². The summed E-state index contributed by atoms with van der Waals surface area (Å²) in [5.41, 5.74) is 3.86. The summed E-state index contributed by atoms with van der Waals surface area (Å²) in [6.07, 6.45) is 1.63. The third-order valence-electron chi connectivity index (χ3n) is 4.24. The highest BCUT2D eigenvalue weighted by Gasteiger charge is 2.10. The summed E-state index contributed by atoms with van der Waals surface area (Å²) in [5, 5.41) is 8.69. The summed E-state index contributed by atoms with van der Waals surface area (Å²) >= 11 is 0. The highest BCUT2D eigenvalue weighted by molar-refractivity contribution is 6.04. The number of carbonyl (C=O) groups is 2. The van der Waals surface area contributed by atoms with Gasteiger partial charge >= 0.3 is 0 Å². The Labute approximate surface area is 164 Å². The molecule has 2 amide bonds. The van der Waals surface area contributed by atoms with Gasteiger partial charge in [0.25, 0.3) is 11.8 Å². The van der Waals surface area contributed by atoms with E-state index in [0.29, 0.717) is 29.2 Å². The summed E-state index contributed by atoms with van der Waals surface area (Å²) in [6.45, 7) is 2.45. The normalized spacial score (nSPS) is 10.2. The number of carbonyl (C=O) groups excluding carboxylic acids is 2. The average molecular weight is 374 g/mol. The zero-order valence-electron chi connectivity index (χ0n) is 15.8. The van der Waals surface area contributed by atoms with Crippen LogP contribution in [0.1, 0.15) is 31.8 Å². The molecule has 0 fully saturated rings. The van der Waals surface area contributed by atoms with Crippen LogP contribution in [0.4, 0.5) is 11.5 Å². The number of rotatable bonds is 6. The smallest absolute Gasteiger partial charge is 0.255 e. The third-order valence-corrected chi connectivity index (χ3v) is 4.24. The molecule has 0 saturated heterocycles. The zero-order chi connectivity index (χ0) is 19.9. The Morgan fingerprint density at radius 2 is 1.75 bits per heavy atom. The first-order chi connectivity index (χ1) is 13.6. The minimum atomic E-state index is -0.199. The average Bonchev–Trinajstić information content (AvgIpc) is 2.72. The number of hydrogen-bond donors (Lipinski definition) is 3. The fourth-order valence-electron chi connectivity index (χ4n) is 2.72. The molecular weight excluding hydrogens is 352 g/mol. The minimum Gasteiger partial charge on any atom is -0.365 e. The van der Waals surface area contributed by atoms with E-state index in [1.54, 1.807) is 37.5 Å². The van der Waals surface area contributed by atoms with Gasteiger partial charge in [-0.1, -0.05) is 29.8 Å². The molecule has 0 bridgehead atoms. The number of hydrogen-bond acceptors (Lipinski definition) is 4. The lowest BCUT2D eigenvalue weighted by Gasteiger charge is -2.11. The van der Waals surface area contributed by atoms with Crippen molar-refractivity contribution in [3.8, 4) is 0 Å². The van der Waals surface area contributed by atoms with Gasteiger partial charge in [0.2, 0.25) is 0 Å². The molecule has 0 spiro atoms. The minimum absolute atomic E-state index is 0.156. The molecule has 0 aliphatic heterocycles. The first kappa shape index (κ1) is 19.1. The van der Waals surface area contributed by atoms with Crippen molar-refractivity contribution in [2.24, 2.45) is 0 Å². The van der Waals surface area contributed by atoms with Crippen LogP contribution >= 0.6 is 0 Å². The van der Waals surface area contributed by atoms with Crippen LogP contribution in [0.2, 0.25) is 0 Å². The molecule has 1 aromatic heterocycles. The van der Waals surface area contributed by atoms with E-state index < -0.39 is 0 Å². The summed E-state index contributed by atoms with van der Waals surface area (Å²) in [6, 6.07) is 18.4. The molecule has 0 unspecified atom stereocenters. The van der Waals surface area contributed by atoms with Gasteiger partial charge in [-0.15, -0.1) is 0 Å². The van der Waals surface area contributed by atoms with Crippen LogP contribution in [-0.4, -0.2) is 23.8 Å². The van der Waals surface area contributed by atoms with E-state index in [1.807, 2.05) is 43.3 Å². The van der Waals surface area contributed by atoms with Gasteiger partial charge in [-0.25, -0.2) is 4.98 Å². The van der Waals surface area contributed by atoms with Crippen LogP contribution < -0.4 is 16.0 Å². The summed E-state index contributed by atoms with van der Waals surface area (Å²) in [7, 11) is 1.58. The van der Waals surface area contributed by atoms with E-state index in [0.717, 1.165) is 11.1 Å². The van der Waals surface area contributed by atoms with Crippen molar-refractivity contribution in [1.29, 1.82) is 0 Å². The number of pyridine rings is 1. The van der Waals surface area contributed by atoms with Crippen LogP contribution in [0.5, 0.6) is 0 Å². The fourth-order valence-corrected chi connectivity index (χ4v) is 2.72. The quantitative estimate of drug-likeness (QED) is 0.615. The lowest BCUT2D eigenvalue weighted by atomic mass is 10.1. The van der Waals surface area contributed by atoms with E-state index in [4.69, 9.17) is 0 Å². The Morgan fingerprint density at radius 3 is 2.50 bits per heavy atom. The second kappa shape index (κ2) is 8.81. The maximum atomic E-state index is 12.4. The number of nitrogens with zero attached hydrogens (tertiary/aromatic N) is 1. The van der Waals surface area contributed by atoms with Crippen molar-refractivity contribution in [3.63, 3.8) is 0 Å². The molecule has 0 aliphatic carbocycles. The molecule has 0 atom stereocenters. The number of aryl methyl sites for hydroxylation is 1. The van der Waals surface area contributed by atoms with Crippen LogP contribution in [0.15, 0.2) is 66.9 Å². The third kappa shape index (κ3) is 4.73. The Kier molecular flexibility index (Phi) is 6.01. The van der Waals surface area contributed by atoms with Gasteiger partial charge < -0.3 is 16.0 Å². The van der Waals surface area contributed by atoms with E-state index in [2.05, 4.69) is 20.9 Å². The van der Waals surface area contributed by atoms with Gasteiger partial charge in [-0.3, -0.25) is 9.59 Å². The van der Waals surface area contributed by atoms with Gasteiger partial charge in [0.15, 0.2) is 0 Å². The van der Waals surface area contributed by atoms with Gasteiger partial charge in [0.05, 0.1) is 5.56 Å². The molecule has 0 saturated carbocycles. The van der Waals surface area contributed by atoms with Crippen LogP contribution in [0.3, 0.4) is 0 Å². The molecule has 28 heavy (non-hydrogen) atoms. The van der Waals surface area contributed by atoms with Gasteiger partial charge in [-0.05, 0) is 48.9 Å². The topological polar surface area (TPSA) is 83.1 Å². The van der Waals surface area contributed by atoms with Crippen molar-refractivity contribution < 1.29 is 9.59 Å². The predicted octanol–water partition coefficient (Wildman–Crippen LogP) is 3.61. The lowest BCUT2D eigenvalue weighted by molar-refractivity contribution is 0.0962. The number of anilines is 2. The van der Waals surface area contributed by atoms with Crippen molar-refractivity contribution >= 4 is 23.3 Å². The molecule has 6 heteroatoms. The van der Waals surface area contributed by atoms with Gasteiger partial charge in [0.1, 0.15) is 5.82 Å².